The average Bonchev–Trinajstić information content (AvgIpc) is 3.32. The monoisotopic (exact) mass is 507 g/mol. The Kier molecular flexibility index (Phi) is 6.63. The van der Waals surface area contributed by atoms with Gasteiger partial charge in [-0.15, -0.1) is 0 Å². The highest BCUT2D eigenvalue weighted by Crippen LogP contribution is 2.41. The van der Waals surface area contributed by atoms with Crippen LogP contribution in [0.5, 0.6) is 0 Å². The summed E-state index contributed by atoms with van der Waals surface area (Å²) < 4.78 is 10.0. The van der Waals surface area contributed by atoms with Crippen LogP contribution in [-0.4, -0.2) is 26.3 Å². The average molecular weight is 508 g/mol. The molecule has 1 atom stereocenters. The van der Waals surface area contributed by atoms with E-state index in [1.54, 1.807) is 6.20 Å². The molecule has 2 fully saturated rings. The molecule has 3 aromatic rings. The number of allylic oxidation sites excluding steroid dienone is 5. The van der Waals surface area contributed by atoms with Gasteiger partial charge in [-0.2, -0.15) is 5.26 Å². The molecule has 1 amide bonds. The second-order valence-electron chi connectivity index (χ2n) is 10.7. The van der Waals surface area contributed by atoms with E-state index in [4.69, 9.17) is 4.74 Å². The van der Waals surface area contributed by atoms with E-state index in [-0.39, 0.29) is 6.10 Å². The van der Waals surface area contributed by atoms with Gasteiger partial charge < -0.3 is 13.9 Å². The molecule has 0 bridgehead atoms. The number of alkyl carbamates (subject to hydrolysis) is 1. The molecule has 1 unspecified atom stereocenters. The summed E-state index contributed by atoms with van der Waals surface area (Å²) in [5.74, 6) is 0.494. The lowest BCUT2D eigenvalue weighted by molar-refractivity contribution is 0.0980. The van der Waals surface area contributed by atoms with Gasteiger partial charge in [-0.05, 0) is 74.3 Å². The lowest BCUT2D eigenvalue weighted by Gasteiger charge is -2.19. The Morgan fingerprint density at radius 1 is 1.24 bits per heavy atom. The van der Waals surface area contributed by atoms with E-state index in [2.05, 4.69) is 49.8 Å². The second-order valence-corrected chi connectivity index (χ2v) is 10.7. The molecule has 2 heterocycles. The number of rotatable bonds is 7. The normalized spacial score (nSPS) is 18.5. The van der Waals surface area contributed by atoms with Crippen LogP contribution in [0.4, 0.5) is 4.79 Å². The third-order valence-corrected chi connectivity index (χ3v) is 8.02. The lowest BCUT2D eigenvalue weighted by Crippen LogP contribution is -2.27. The number of nitrogens with zero attached hydrogens (tertiary/aromatic N) is 4. The Labute approximate surface area is 223 Å². The number of imidazole rings is 1. The summed E-state index contributed by atoms with van der Waals surface area (Å²) in [5, 5.41) is 14.2. The van der Waals surface area contributed by atoms with Crippen LogP contribution in [-0.2, 0) is 11.3 Å². The fourth-order valence-corrected chi connectivity index (χ4v) is 5.88. The largest absolute Gasteiger partial charge is 0.446 e. The molecule has 0 aliphatic heterocycles. The quantitative estimate of drug-likeness (QED) is 0.389. The van der Waals surface area contributed by atoms with E-state index in [1.807, 2.05) is 37.7 Å². The highest BCUT2D eigenvalue weighted by molar-refractivity contribution is 5.94. The van der Waals surface area contributed by atoms with E-state index in [9.17, 15) is 10.1 Å². The number of amides is 1. The van der Waals surface area contributed by atoms with Gasteiger partial charge in [0, 0.05) is 36.1 Å². The molecule has 3 aliphatic carbocycles. The van der Waals surface area contributed by atoms with Gasteiger partial charge in [-0.25, -0.2) is 9.78 Å². The molecule has 6 rings (SSSR count). The molecule has 0 radical (unpaired) electrons. The zero-order valence-corrected chi connectivity index (χ0v) is 21.8. The van der Waals surface area contributed by atoms with E-state index < -0.39 is 6.09 Å². The number of hydrogen-bond acceptors (Lipinski definition) is 4. The van der Waals surface area contributed by atoms with Gasteiger partial charge in [0.25, 0.3) is 0 Å². The Hall–Kier alpha value is -4.05. The van der Waals surface area contributed by atoms with Crippen LogP contribution in [0.1, 0.15) is 74.7 Å². The number of carbonyl (C=O) groups is 1. The molecule has 1 aromatic carbocycles. The van der Waals surface area contributed by atoms with Gasteiger partial charge in [-0.3, -0.25) is 5.32 Å². The first-order valence-electron chi connectivity index (χ1n) is 13.7. The summed E-state index contributed by atoms with van der Waals surface area (Å²) in [4.78, 5) is 16.6. The summed E-state index contributed by atoms with van der Waals surface area (Å²) in [7, 11) is 0. The van der Waals surface area contributed by atoms with E-state index in [0.29, 0.717) is 24.1 Å². The Bertz CT molecular complexity index is 1470. The van der Waals surface area contributed by atoms with E-state index in [1.165, 1.54) is 18.4 Å². The van der Waals surface area contributed by atoms with Crippen molar-refractivity contribution in [2.75, 3.05) is 0 Å². The summed E-state index contributed by atoms with van der Waals surface area (Å²) in [6.45, 7) is 2.69. The van der Waals surface area contributed by atoms with Gasteiger partial charge in [0.1, 0.15) is 12.2 Å². The fraction of sp³-hybridized carbons (Fsp3) is 0.387. The minimum atomic E-state index is -0.416. The lowest BCUT2D eigenvalue weighted by atomic mass is 10.0. The maximum Gasteiger partial charge on any atom is 0.411 e. The summed E-state index contributed by atoms with van der Waals surface area (Å²) in [6, 6.07) is 9.36. The van der Waals surface area contributed by atoms with Crippen molar-refractivity contribution >= 4 is 22.6 Å². The molecule has 7 heteroatoms. The molecule has 38 heavy (non-hydrogen) atoms. The summed E-state index contributed by atoms with van der Waals surface area (Å²) in [6.07, 6.45) is 20.6. The summed E-state index contributed by atoms with van der Waals surface area (Å²) >= 11 is 0. The molecular weight excluding hydrogens is 474 g/mol. The maximum absolute atomic E-state index is 12.4. The van der Waals surface area contributed by atoms with Crippen LogP contribution in [0, 0.1) is 17.2 Å². The van der Waals surface area contributed by atoms with Crippen molar-refractivity contribution in [2.45, 2.75) is 70.6 Å². The standard InChI is InChI=1S/C31H33N5O2/c1-21(23-10-11-23)38-31(37)34-25-6-4-5-24(12-13-25)30-28(18-32)27-14-9-22(19-35-16-15-33-20-35)17-29(27)36(30)26-7-2-3-8-26/h4,6,9,12-17,20-21,23,26H,2-3,5,7-8,10-11,19H2,1H3,(H,34,37). The van der Waals surface area contributed by atoms with Crippen molar-refractivity contribution < 1.29 is 9.53 Å². The van der Waals surface area contributed by atoms with Crippen LogP contribution in [0.3, 0.4) is 0 Å². The Morgan fingerprint density at radius 2 is 2.08 bits per heavy atom. The zero-order valence-electron chi connectivity index (χ0n) is 21.8. The number of nitriles is 1. The molecule has 2 saturated carbocycles. The summed E-state index contributed by atoms with van der Waals surface area (Å²) in [5.41, 5.74) is 5.80. The van der Waals surface area contributed by atoms with Crippen LogP contribution in [0.2, 0.25) is 0 Å². The number of ether oxygens (including phenoxy) is 1. The van der Waals surface area contributed by atoms with E-state index in [0.717, 1.165) is 60.0 Å². The van der Waals surface area contributed by atoms with Crippen LogP contribution < -0.4 is 5.32 Å². The SMILES string of the molecule is CC(OC(=O)NC1=CC=C(c2c(C#N)c3ccc(Cn4ccnc4)cc3n2C2CCCC2)CC=C1)C1CC1. The van der Waals surface area contributed by atoms with Crippen molar-refractivity contribution in [2.24, 2.45) is 5.92 Å². The first-order valence-corrected chi connectivity index (χ1v) is 13.7. The third-order valence-electron chi connectivity index (χ3n) is 8.02. The van der Waals surface area contributed by atoms with Gasteiger partial charge in [0.15, 0.2) is 0 Å². The molecule has 3 aliphatic rings. The first kappa shape index (κ1) is 24.3. The molecule has 7 nitrogen and oxygen atoms in total. The highest BCUT2D eigenvalue weighted by atomic mass is 16.6. The molecule has 194 valence electrons. The molecule has 0 spiro atoms. The van der Waals surface area contributed by atoms with Gasteiger partial charge in [-0.1, -0.05) is 37.1 Å². The minimum absolute atomic E-state index is 0.0598. The zero-order chi connectivity index (χ0) is 26.1. The van der Waals surface area contributed by atoms with Gasteiger partial charge >= 0.3 is 6.09 Å². The Morgan fingerprint density at radius 3 is 2.82 bits per heavy atom. The number of hydrogen-bond donors (Lipinski definition) is 1. The smallest absolute Gasteiger partial charge is 0.411 e. The number of nitrogens with one attached hydrogen (secondary N) is 1. The maximum atomic E-state index is 12.4. The highest BCUT2D eigenvalue weighted by Gasteiger charge is 2.31. The second kappa shape index (κ2) is 10.4. The van der Waals surface area contributed by atoms with E-state index >= 15 is 0 Å². The molecule has 2 aromatic heterocycles. The van der Waals surface area contributed by atoms with Crippen LogP contribution in [0.15, 0.2) is 66.9 Å². The van der Waals surface area contributed by atoms with Gasteiger partial charge in [0.2, 0.25) is 0 Å². The van der Waals surface area contributed by atoms with Crippen molar-refractivity contribution in [3.63, 3.8) is 0 Å². The minimum Gasteiger partial charge on any atom is -0.446 e. The van der Waals surface area contributed by atoms with Crippen molar-refractivity contribution in [1.29, 1.82) is 5.26 Å². The number of carbonyl (C=O) groups excluding carboxylic acids is 1. The van der Waals surface area contributed by atoms with Crippen molar-refractivity contribution in [1.82, 2.24) is 19.4 Å². The van der Waals surface area contributed by atoms with Crippen molar-refractivity contribution in [3.05, 3.63) is 83.7 Å². The van der Waals surface area contributed by atoms with Crippen LogP contribution in [0.25, 0.3) is 16.5 Å². The third kappa shape index (κ3) is 4.91. The molecule has 0 saturated heterocycles. The molecular formula is C31H33N5O2. The topological polar surface area (TPSA) is 84.9 Å². The predicted molar refractivity (Wildman–Crippen MR) is 147 cm³/mol. The van der Waals surface area contributed by atoms with Gasteiger partial charge in [0.05, 0.1) is 23.1 Å². The Balaban J connectivity index is 1.36. The fourth-order valence-electron chi connectivity index (χ4n) is 5.88. The number of fused-ring (bicyclic) bond motifs is 1. The van der Waals surface area contributed by atoms with Crippen LogP contribution >= 0.6 is 0 Å². The van der Waals surface area contributed by atoms with Crippen molar-refractivity contribution in [3.8, 4) is 6.07 Å². The predicted octanol–water partition coefficient (Wildman–Crippen LogP) is 6.62. The first-order chi connectivity index (χ1) is 18.6. The number of benzene rings is 1. The number of aromatic nitrogens is 3. The molecule has 1 N–H and O–H groups in total.